The van der Waals surface area contributed by atoms with Gasteiger partial charge in [-0.3, -0.25) is 0 Å². The van der Waals surface area contributed by atoms with Crippen molar-refractivity contribution in [3.63, 3.8) is 0 Å². The van der Waals surface area contributed by atoms with Crippen LogP contribution in [0.2, 0.25) is 0 Å². The normalized spacial score (nSPS) is 16.0. The van der Waals surface area contributed by atoms with E-state index in [1.54, 1.807) is 6.92 Å². The van der Waals surface area contributed by atoms with Gasteiger partial charge in [-0.1, -0.05) is 19.0 Å². The van der Waals surface area contributed by atoms with Gasteiger partial charge < -0.3 is 9.63 Å². The summed E-state index contributed by atoms with van der Waals surface area (Å²) < 4.78 is 4.96. The number of aromatic nitrogens is 2. The number of aliphatic hydroxyl groups is 1. The molecule has 0 amide bonds. The summed E-state index contributed by atoms with van der Waals surface area (Å²) in [4.78, 5) is 4.11. The maximum atomic E-state index is 9.23. The van der Waals surface area contributed by atoms with Crippen LogP contribution >= 0.6 is 0 Å². The van der Waals surface area contributed by atoms with Crippen LogP contribution < -0.4 is 0 Å². The first-order valence-electron chi connectivity index (χ1n) is 4.15. The third kappa shape index (κ3) is 1.82. The third-order valence-corrected chi connectivity index (χ3v) is 1.91. The van der Waals surface area contributed by atoms with Gasteiger partial charge in [-0.15, -0.1) is 0 Å². The van der Waals surface area contributed by atoms with Crippen molar-refractivity contribution in [1.29, 1.82) is 0 Å². The minimum Gasteiger partial charge on any atom is -0.393 e. The fourth-order valence-corrected chi connectivity index (χ4v) is 0.802. The minimum absolute atomic E-state index is 0.0854. The van der Waals surface area contributed by atoms with Gasteiger partial charge in [-0.05, 0) is 6.92 Å². The molecule has 0 aromatic carbocycles. The van der Waals surface area contributed by atoms with Crippen LogP contribution in [0.15, 0.2) is 4.52 Å². The van der Waals surface area contributed by atoms with Gasteiger partial charge in [0.25, 0.3) is 0 Å². The highest BCUT2D eigenvalue weighted by atomic mass is 16.5. The zero-order valence-corrected chi connectivity index (χ0v) is 7.61. The number of aryl methyl sites for hydroxylation is 1. The molecule has 0 saturated heterocycles. The van der Waals surface area contributed by atoms with E-state index in [0.717, 1.165) is 6.42 Å². The average molecular weight is 170 g/mol. The molecule has 2 unspecified atom stereocenters. The Kier molecular flexibility index (Phi) is 2.81. The van der Waals surface area contributed by atoms with E-state index in [9.17, 15) is 5.11 Å². The van der Waals surface area contributed by atoms with E-state index in [1.807, 2.05) is 13.8 Å². The molecule has 1 aromatic heterocycles. The van der Waals surface area contributed by atoms with Crippen LogP contribution in [0.5, 0.6) is 0 Å². The zero-order chi connectivity index (χ0) is 9.14. The lowest BCUT2D eigenvalue weighted by atomic mass is 10.1. The highest BCUT2D eigenvalue weighted by Gasteiger charge is 2.17. The summed E-state index contributed by atoms with van der Waals surface area (Å²) in [6, 6.07) is 0. The van der Waals surface area contributed by atoms with Crippen LogP contribution in [0.1, 0.15) is 38.4 Å². The Hall–Kier alpha value is -0.900. The second-order valence-electron chi connectivity index (χ2n) is 2.93. The maximum Gasteiger partial charge on any atom is 0.232 e. The molecule has 1 N–H and O–H groups in total. The molecule has 12 heavy (non-hydrogen) atoms. The summed E-state index contributed by atoms with van der Waals surface area (Å²) in [5.41, 5.74) is 0. The summed E-state index contributed by atoms with van der Waals surface area (Å²) in [6.45, 7) is 5.53. The molecule has 0 saturated carbocycles. The van der Waals surface area contributed by atoms with Crippen LogP contribution in [0.3, 0.4) is 0 Å². The topological polar surface area (TPSA) is 59.2 Å². The predicted octanol–water partition coefficient (Wildman–Crippen LogP) is 1.12. The van der Waals surface area contributed by atoms with Crippen LogP contribution in [0.25, 0.3) is 0 Å². The van der Waals surface area contributed by atoms with Gasteiger partial charge in [0, 0.05) is 6.42 Å². The number of hydrogen-bond acceptors (Lipinski definition) is 4. The Balaban J connectivity index is 2.74. The van der Waals surface area contributed by atoms with Crippen LogP contribution in [0.4, 0.5) is 0 Å². The predicted molar refractivity (Wildman–Crippen MR) is 43.8 cm³/mol. The summed E-state index contributed by atoms with van der Waals surface area (Å²) in [7, 11) is 0. The summed E-state index contributed by atoms with van der Waals surface area (Å²) >= 11 is 0. The van der Waals surface area contributed by atoms with E-state index in [4.69, 9.17) is 4.52 Å². The van der Waals surface area contributed by atoms with Gasteiger partial charge in [0.05, 0.1) is 12.0 Å². The van der Waals surface area contributed by atoms with Gasteiger partial charge in [0.2, 0.25) is 5.89 Å². The van der Waals surface area contributed by atoms with Crippen molar-refractivity contribution < 1.29 is 9.63 Å². The molecule has 68 valence electrons. The Morgan fingerprint density at radius 2 is 2.17 bits per heavy atom. The first-order valence-corrected chi connectivity index (χ1v) is 4.15. The number of aliphatic hydroxyl groups excluding tert-OH is 1. The number of rotatable bonds is 3. The van der Waals surface area contributed by atoms with Crippen molar-refractivity contribution in [2.45, 2.75) is 39.2 Å². The molecule has 0 aliphatic heterocycles. The van der Waals surface area contributed by atoms with Gasteiger partial charge in [0.1, 0.15) is 0 Å². The van der Waals surface area contributed by atoms with Crippen molar-refractivity contribution in [2.24, 2.45) is 0 Å². The summed E-state index contributed by atoms with van der Waals surface area (Å²) in [5.74, 6) is 1.12. The minimum atomic E-state index is -0.449. The van der Waals surface area contributed by atoms with Crippen molar-refractivity contribution in [2.75, 3.05) is 0 Å². The van der Waals surface area contributed by atoms with Crippen LogP contribution in [-0.2, 0) is 6.42 Å². The molecule has 4 heteroatoms. The van der Waals surface area contributed by atoms with Crippen molar-refractivity contribution in [1.82, 2.24) is 10.1 Å². The Morgan fingerprint density at radius 1 is 1.50 bits per heavy atom. The average Bonchev–Trinajstić information content (AvgIpc) is 2.50. The largest absolute Gasteiger partial charge is 0.393 e. The maximum absolute atomic E-state index is 9.23. The lowest BCUT2D eigenvalue weighted by molar-refractivity contribution is 0.151. The molecule has 0 fully saturated rings. The van der Waals surface area contributed by atoms with E-state index in [1.165, 1.54) is 0 Å². The van der Waals surface area contributed by atoms with E-state index in [0.29, 0.717) is 11.7 Å². The molecule has 0 bridgehead atoms. The Morgan fingerprint density at radius 3 is 2.58 bits per heavy atom. The fraction of sp³-hybridized carbons (Fsp3) is 0.750. The van der Waals surface area contributed by atoms with E-state index >= 15 is 0 Å². The SMILES string of the molecule is CCc1noc(C(C)C(C)O)n1. The van der Waals surface area contributed by atoms with E-state index in [-0.39, 0.29) is 5.92 Å². The first-order chi connectivity index (χ1) is 5.65. The highest BCUT2D eigenvalue weighted by molar-refractivity contribution is 4.93. The molecule has 0 radical (unpaired) electrons. The van der Waals surface area contributed by atoms with Crippen LogP contribution in [0, 0.1) is 0 Å². The molecule has 0 spiro atoms. The van der Waals surface area contributed by atoms with Gasteiger partial charge in [-0.25, -0.2) is 0 Å². The van der Waals surface area contributed by atoms with Crippen molar-refractivity contribution in [3.8, 4) is 0 Å². The van der Waals surface area contributed by atoms with E-state index in [2.05, 4.69) is 10.1 Å². The first kappa shape index (κ1) is 9.19. The van der Waals surface area contributed by atoms with Crippen molar-refractivity contribution in [3.05, 3.63) is 11.7 Å². The quantitative estimate of drug-likeness (QED) is 0.738. The summed E-state index contributed by atoms with van der Waals surface area (Å²) in [5, 5.41) is 13.0. The molecule has 2 atom stereocenters. The lowest BCUT2D eigenvalue weighted by Crippen LogP contribution is -2.11. The molecular weight excluding hydrogens is 156 g/mol. The molecular formula is C8H14N2O2. The second kappa shape index (κ2) is 3.67. The molecule has 4 nitrogen and oxygen atoms in total. The monoisotopic (exact) mass is 170 g/mol. The van der Waals surface area contributed by atoms with Gasteiger partial charge >= 0.3 is 0 Å². The standard InChI is InChI=1S/C8H14N2O2/c1-4-7-9-8(12-10-7)5(2)6(3)11/h5-6,11H,4H2,1-3H3. The molecule has 1 heterocycles. The second-order valence-corrected chi connectivity index (χ2v) is 2.93. The molecule has 1 aromatic rings. The van der Waals surface area contributed by atoms with Gasteiger partial charge in [0.15, 0.2) is 5.82 Å². The molecule has 0 aliphatic carbocycles. The number of nitrogens with zero attached hydrogens (tertiary/aromatic N) is 2. The van der Waals surface area contributed by atoms with E-state index < -0.39 is 6.10 Å². The Labute approximate surface area is 71.6 Å². The summed E-state index contributed by atoms with van der Waals surface area (Å²) in [6.07, 6.45) is 0.311. The fourth-order valence-electron chi connectivity index (χ4n) is 0.802. The van der Waals surface area contributed by atoms with Crippen molar-refractivity contribution >= 4 is 0 Å². The Bertz CT molecular complexity index is 245. The van der Waals surface area contributed by atoms with Gasteiger partial charge in [-0.2, -0.15) is 4.98 Å². The highest BCUT2D eigenvalue weighted by Crippen LogP contribution is 2.16. The van der Waals surface area contributed by atoms with Crippen LogP contribution in [-0.4, -0.2) is 21.4 Å². The third-order valence-electron chi connectivity index (χ3n) is 1.91. The smallest absolute Gasteiger partial charge is 0.232 e. The molecule has 0 aliphatic rings. The zero-order valence-electron chi connectivity index (χ0n) is 7.61. The lowest BCUT2D eigenvalue weighted by Gasteiger charge is -2.07. The molecule has 1 rings (SSSR count). The number of hydrogen-bond donors (Lipinski definition) is 1.